The number of hydrogen-bond donors (Lipinski definition) is 2. The lowest BCUT2D eigenvalue weighted by molar-refractivity contribution is 0.0650. The molecule has 1 amide bonds. The lowest BCUT2D eigenvalue weighted by Gasteiger charge is -2.37. The van der Waals surface area contributed by atoms with Crippen LogP contribution in [0.4, 0.5) is 5.69 Å². The number of fused-ring (bicyclic) bond motifs is 1. The van der Waals surface area contributed by atoms with Gasteiger partial charge < -0.3 is 14.6 Å². The summed E-state index contributed by atoms with van der Waals surface area (Å²) in [6.07, 6.45) is 1.32. The van der Waals surface area contributed by atoms with Gasteiger partial charge in [-0.1, -0.05) is 12.1 Å². The van der Waals surface area contributed by atoms with Crippen molar-refractivity contribution in [2.45, 2.75) is 26.6 Å². The van der Waals surface area contributed by atoms with Gasteiger partial charge in [-0.2, -0.15) is 5.10 Å². The zero-order valence-electron chi connectivity index (χ0n) is 13.5. The van der Waals surface area contributed by atoms with Crippen LogP contribution in [0, 0.1) is 13.8 Å². The summed E-state index contributed by atoms with van der Waals surface area (Å²) in [5.74, 6) is 0.721. The first-order valence-electron chi connectivity index (χ1n) is 7.85. The second-order valence-electron chi connectivity index (χ2n) is 5.95. The first kappa shape index (κ1) is 14.6. The van der Waals surface area contributed by atoms with E-state index in [1.807, 2.05) is 50.2 Å². The van der Waals surface area contributed by atoms with Crippen LogP contribution in [0.3, 0.4) is 0 Å². The fourth-order valence-electron chi connectivity index (χ4n) is 3.22. The molecule has 1 unspecified atom stereocenters. The van der Waals surface area contributed by atoms with Crippen molar-refractivity contribution in [1.82, 2.24) is 15.1 Å². The Morgan fingerprint density at radius 3 is 2.75 bits per heavy atom. The maximum atomic E-state index is 13.1. The highest BCUT2D eigenvalue weighted by atomic mass is 16.3. The number of H-pyrrole nitrogens is 1. The van der Waals surface area contributed by atoms with E-state index in [1.54, 1.807) is 11.2 Å². The quantitative estimate of drug-likeness (QED) is 0.775. The number of amides is 1. The molecule has 0 spiro atoms. The lowest BCUT2D eigenvalue weighted by atomic mass is 10.0. The van der Waals surface area contributed by atoms with E-state index in [2.05, 4.69) is 15.5 Å². The third kappa shape index (κ3) is 2.27. The van der Waals surface area contributed by atoms with Crippen LogP contribution in [0.15, 0.2) is 47.1 Å². The molecule has 0 fully saturated rings. The van der Waals surface area contributed by atoms with Crippen molar-refractivity contribution in [1.29, 1.82) is 0 Å². The Balaban J connectivity index is 1.81. The third-order valence-corrected chi connectivity index (χ3v) is 4.39. The van der Waals surface area contributed by atoms with Crippen molar-refractivity contribution in [2.24, 2.45) is 0 Å². The van der Waals surface area contributed by atoms with Crippen molar-refractivity contribution in [2.75, 3.05) is 5.32 Å². The molecular formula is C18H18N4O2. The number of benzene rings is 1. The molecule has 3 aromatic rings. The highest BCUT2D eigenvalue weighted by Crippen LogP contribution is 2.36. The summed E-state index contributed by atoms with van der Waals surface area (Å²) in [4.78, 5) is 14.9. The van der Waals surface area contributed by atoms with Crippen LogP contribution < -0.4 is 5.32 Å². The summed E-state index contributed by atoms with van der Waals surface area (Å²) < 4.78 is 5.45. The Morgan fingerprint density at radius 1 is 1.21 bits per heavy atom. The zero-order chi connectivity index (χ0) is 16.7. The topological polar surface area (TPSA) is 74.2 Å². The molecule has 1 atom stereocenters. The molecular weight excluding hydrogens is 304 g/mol. The number of nitrogens with one attached hydrogen (secondary N) is 2. The number of carbonyl (C=O) groups excluding carboxylic acids is 1. The van der Waals surface area contributed by atoms with Crippen LogP contribution in [0.5, 0.6) is 0 Å². The molecule has 1 aliphatic rings. The van der Waals surface area contributed by atoms with E-state index in [4.69, 9.17) is 4.42 Å². The number of aromatic amines is 1. The Hall–Kier alpha value is -3.02. The van der Waals surface area contributed by atoms with Crippen LogP contribution >= 0.6 is 0 Å². The molecule has 0 saturated carbocycles. The Labute approximate surface area is 139 Å². The third-order valence-electron chi connectivity index (χ3n) is 4.39. The summed E-state index contributed by atoms with van der Waals surface area (Å²) >= 11 is 0. The highest BCUT2D eigenvalue weighted by Gasteiger charge is 2.35. The zero-order valence-corrected chi connectivity index (χ0v) is 13.5. The SMILES string of the molecule is Cc1n[nH]c(C)c1C1Nc2ccccc2C(=O)N1Cc1ccco1. The average Bonchev–Trinajstić information content (AvgIpc) is 3.20. The van der Waals surface area contributed by atoms with Gasteiger partial charge in [-0.25, -0.2) is 0 Å². The molecule has 122 valence electrons. The van der Waals surface area contributed by atoms with Crippen LogP contribution in [0.25, 0.3) is 0 Å². The van der Waals surface area contributed by atoms with Crippen molar-refractivity contribution < 1.29 is 9.21 Å². The van der Waals surface area contributed by atoms with E-state index in [-0.39, 0.29) is 12.1 Å². The summed E-state index contributed by atoms with van der Waals surface area (Å²) in [5, 5.41) is 10.8. The Morgan fingerprint density at radius 2 is 2.04 bits per heavy atom. The van der Waals surface area contributed by atoms with Gasteiger partial charge in [-0.3, -0.25) is 9.89 Å². The number of nitrogens with zero attached hydrogens (tertiary/aromatic N) is 2. The standard InChI is InChI=1S/C18H18N4O2/c1-11-16(12(2)21-20-11)17-19-15-8-4-3-7-14(15)18(23)22(17)10-13-6-5-9-24-13/h3-9,17,19H,10H2,1-2H3,(H,20,21). The maximum Gasteiger partial charge on any atom is 0.258 e. The number of aryl methyl sites for hydroxylation is 2. The molecule has 2 aromatic heterocycles. The molecule has 4 rings (SSSR count). The van der Waals surface area contributed by atoms with Gasteiger partial charge in [0.15, 0.2) is 0 Å². The Bertz CT molecular complexity index is 863. The molecule has 0 aliphatic carbocycles. The summed E-state index contributed by atoms with van der Waals surface area (Å²) in [7, 11) is 0. The van der Waals surface area contributed by atoms with E-state index >= 15 is 0 Å². The highest BCUT2D eigenvalue weighted by molar-refractivity contribution is 6.01. The molecule has 3 heterocycles. The number of aromatic nitrogens is 2. The van der Waals surface area contributed by atoms with E-state index in [0.29, 0.717) is 12.1 Å². The van der Waals surface area contributed by atoms with Crippen LogP contribution in [-0.4, -0.2) is 21.0 Å². The number of rotatable bonds is 3. The van der Waals surface area contributed by atoms with Gasteiger partial charge in [-0.15, -0.1) is 0 Å². The molecule has 2 N–H and O–H groups in total. The predicted molar refractivity (Wildman–Crippen MR) is 89.4 cm³/mol. The first-order chi connectivity index (χ1) is 11.6. The Kier molecular flexibility index (Phi) is 3.37. The summed E-state index contributed by atoms with van der Waals surface area (Å²) in [5.41, 5.74) is 4.31. The van der Waals surface area contributed by atoms with Crippen molar-refractivity contribution >= 4 is 11.6 Å². The minimum Gasteiger partial charge on any atom is -0.467 e. The smallest absolute Gasteiger partial charge is 0.258 e. The summed E-state index contributed by atoms with van der Waals surface area (Å²) in [6.45, 7) is 4.30. The minimum absolute atomic E-state index is 0.0225. The van der Waals surface area contributed by atoms with Gasteiger partial charge in [0.2, 0.25) is 0 Å². The van der Waals surface area contributed by atoms with E-state index < -0.39 is 0 Å². The fraction of sp³-hybridized carbons (Fsp3) is 0.222. The number of furan rings is 1. The second-order valence-corrected chi connectivity index (χ2v) is 5.95. The molecule has 1 aromatic carbocycles. The van der Waals surface area contributed by atoms with Gasteiger partial charge in [-0.05, 0) is 38.1 Å². The van der Waals surface area contributed by atoms with Gasteiger partial charge in [0.25, 0.3) is 5.91 Å². The molecule has 0 bridgehead atoms. The van der Waals surface area contributed by atoms with Crippen LogP contribution in [0.2, 0.25) is 0 Å². The van der Waals surface area contributed by atoms with E-state index in [0.717, 1.165) is 28.4 Å². The van der Waals surface area contributed by atoms with Crippen LogP contribution in [-0.2, 0) is 6.54 Å². The summed E-state index contributed by atoms with van der Waals surface area (Å²) in [6, 6.07) is 11.3. The average molecular weight is 322 g/mol. The predicted octanol–water partition coefficient (Wildman–Crippen LogP) is 3.39. The number of carbonyl (C=O) groups is 1. The molecule has 0 saturated heterocycles. The molecule has 1 aliphatic heterocycles. The molecule has 24 heavy (non-hydrogen) atoms. The van der Waals surface area contributed by atoms with E-state index in [1.165, 1.54) is 0 Å². The van der Waals surface area contributed by atoms with Crippen LogP contribution in [0.1, 0.15) is 39.2 Å². The van der Waals surface area contributed by atoms with E-state index in [9.17, 15) is 4.79 Å². The first-order valence-corrected chi connectivity index (χ1v) is 7.85. The minimum atomic E-state index is -0.295. The second kappa shape index (κ2) is 5.56. The van der Waals surface area contributed by atoms with Gasteiger partial charge in [0, 0.05) is 16.9 Å². The van der Waals surface area contributed by atoms with Gasteiger partial charge in [0.05, 0.1) is 24.1 Å². The maximum absolute atomic E-state index is 13.1. The van der Waals surface area contributed by atoms with Gasteiger partial charge >= 0.3 is 0 Å². The molecule has 6 heteroatoms. The van der Waals surface area contributed by atoms with Crippen molar-refractivity contribution in [3.05, 3.63) is 70.9 Å². The normalized spacial score (nSPS) is 16.8. The number of anilines is 1. The van der Waals surface area contributed by atoms with Crippen molar-refractivity contribution in [3.8, 4) is 0 Å². The van der Waals surface area contributed by atoms with Crippen molar-refractivity contribution in [3.63, 3.8) is 0 Å². The lowest BCUT2D eigenvalue weighted by Crippen LogP contribution is -2.42. The largest absolute Gasteiger partial charge is 0.467 e. The van der Waals surface area contributed by atoms with Gasteiger partial charge in [0.1, 0.15) is 11.9 Å². The molecule has 0 radical (unpaired) electrons. The number of hydrogen-bond acceptors (Lipinski definition) is 4. The monoisotopic (exact) mass is 322 g/mol. The number of para-hydroxylation sites is 1. The molecule has 6 nitrogen and oxygen atoms in total. The fourth-order valence-corrected chi connectivity index (χ4v) is 3.22.